The van der Waals surface area contributed by atoms with Gasteiger partial charge in [-0.1, -0.05) is 49.4 Å². The number of allylic oxidation sites excluding steroid dienone is 2. The minimum Gasteiger partial charge on any atom is -0.465 e. The van der Waals surface area contributed by atoms with Crippen molar-refractivity contribution >= 4 is 11.9 Å². The molecular formula is C19H26O4. The van der Waals surface area contributed by atoms with Gasteiger partial charge in [-0.2, -0.15) is 0 Å². The first-order valence-electron chi connectivity index (χ1n) is 8.04. The summed E-state index contributed by atoms with van der Waals surface area (Å²) in [6.45, 7) is 7.61. The number of rotatable bonds is 8. The highest BCUT2D eigenvalue weighted by Crippen LogP contribution is 2.36. The smallest absolute Gasteiger partial charge is 0.324 e. The Morgan fingerprint density at radius 1 is 1.09 bits per heavy atom. The Hall–Kier alpha value is -2.10. The van der Waals surface area contributed by atoms with Gasteiger partial charge in [0, 0.05) is 5.92 Å². The third-order valence-electron chi connectivity index (χ3n) is 3.86. The summed E-state index contributed by atoms with van der Waals surface area (Å²) in [6.07, 6.45) is 3.93. The Labute approximate surface area is 138 Å². The van der Waals surface area contributed by atoms with Crippen LogP contribution in [0.4, 0.5) is 0 Å². The van der Waals surface area contributed by atoms with Gasteiger partial charge in [-0.15, -0.1) is 0 Å². The highest BCUT2D eigenvalue weighted by Gasteiger charge is 2.52. The van der Waals surface area contributed by atoms with Crippen molar-refractivity contribution in [1.82, 2.24) is 0 Å². The van der Waals surface area contributed by atoms with Crippen LogP contribution in [0.25, 0.3) is 0 Å². The van der Waals surface area contributed by atoms with Crippen LogP contribution in [-0.4, -0.2) is 25.2 Å². The topological polar surface area (TPSA) is 52.6 Å². The number of hydrogen-bond acceptors (Lipinski definition) is 4. The van der Waals surface area contributed by atoms with Crippen LogP contribution in [0.1, 0.15) is 33.3 Å². The molecule has 4 nitrogen and oxygen atoms in total. The zero-order valence-electron chi connectivity index (χ0n) is 14.4. The van der Waals surface area contributed by atoms with E-state index in [4.69, 9.17) is 9.47 Å². The molecule has 0 aliphatic carbocycles. The third-order valence-corrected chi connectivity index (χ3v) is 3.86. The van der Waals surface area contributed by atoms with Crippen molar-refractivity contribution in [2.45, 2.75) is 34.1 Å². The summed E-state index contributed by atoms with van der Waals surface area (Å²) in [5.41, 5.74) is -0.482. The van der Waals surface area contributed by atoms with E-state index in [9.17, 15) is 9.59 Å². The van der Waals surface area contributed by atoms with Crippen LogP contribution in [-0.2, 0) is 25.5 Å². The van der Waals surface area contributed by atoms with E-state index in [0.717, 1.165) is 5.56 Å². The Bertz CT molecular complexity index is 516. The molecule has 23 heavy (non-hydrogen) atoms. The molecule has 0 N–H and O–H groups in total. The molecule has 0 fully saturated rings. The minimum absolute atomic E-state index is 0.220. The summed E-state index contributed by atoms with van der Waals surface area (Å²) in [6, 6.07) is 9.47. The SMILES string of the molecule is C/C=C/C(C)C(Cc1ccccc1)(C(=O)OCC)C(=O)OCC. The second-order valence-corrected chi connectivity index (χ2v) is 5.39. The molecule has 0 aliphatic heterocycles. The molecule has 1 atom stereocenters. The van der Waals surface area contributed by atoms with Gasteiger partial charge in [-0.05, 0) is 32.8 Å². The van der Waals surface area contributed by atoms with E-state index in [1.165, 1.54) is 0 Å². The fraction of sp³-hybridized carbons (Fsp3) is 0.474. The maximum absolute atomic E-state index is 12.7. The van der Waals surface area contributed by atoms with Crippen LogP contribution < -0.4 is 0 Å². The van der Waals surface area contributed by atoms with Gasteiger partial charge >= 0.3 is 11.9 Å². The number of carbonyl (C=O) groups is 2. The van der Waals surface area contributed by atoms with E-state index >= 15 is 0 Å². The van der Waals surface area contributed by atoms with E-state index < -0.39 is 17.4 Å². The molecule has 0 aliphatic rings. The van der Waals surface area contributed by atoms with E-state index in [1.807, 2.05) is 56.3 Å². The summed E-state index contributed by atoms with van der Waals surface area (Å²) in [7, 11) is 0. The van der Waals surface area contributed by atoms with Crippen LogP contribution in [0.5, 0.6) is 0 Å². The number of esters is 2. The minimum atomic E-state index is -1.38. The van der Waals surface area contributed by atoms with Gasteiger partial charge < -0.3 is 9.47 Å². The monoisotopic (exact) mass is 318 g/mol. The molecule has 0 amide bonds. The molecule has 0 saturated heterocycles. The zero-order chi connectivity index (χ0) is 17.3. The van der Waals surface area contributed by atoms with E-state index in [2.05, 4.69) is 0 Å². The lowest BCUT2D eigenvalue weighted by Gasteiger charge is -2.33. The van der Waals surface area contributed by atoms with Crippen molar-refractivity contribution in [3.8, 4) is 0 Å². The molecule has 1 rings (SSSR count). The van der Waals surface area contributed by atoms with Gasteiger partial charge in [0.25, 0.3) is 0 Å². The van der Waals surface area contributed by atoms with Crippen LogP contribution in [0.15, 0.2) is 42.5 Å². The summed E-state index contributed by atoms with van der Waals surface area (Å²) in [5.74, 6) is -1.41. The van der Waals surface area contributed by atoms with Crippen molar-refractivity contribution in [2.24, 2.45) is 11.3 Å². The van der Waals surface area contributed by atoms with Crippen molar-refractivity contribution in [3.63, 3.8) is 0 Å². The van der Waals surface area contributed by atoms with Gasteiger partial charge in [-0.3, -0.25) is 9.59 Å². The zero-order valence-corrected chi connectivity index (χ0v) is 14.4. The molecule has 4 heteroatoms. The maximum Gasteiger partial charge on any atom is 0.324 e. The Morgan fingerprint density at radius 3 is 2.04 bits per heavy atom. The second kappa shape index (κ2) is 9.13. The predicted octanol–water partition coefficient (Wildman–Crippen LogP) is 3.55. The number of hydrogen-bond donors (Lipinski definition) is 0. The Kier molecular flexibility index (Phi) is 7.52. The largest absolute Gasteiger partial charge is 0.465 e. The maximum atomic E-state index is 12.7. The molecule has 0 heterocycles. The van der Waals surface area contributed by atoms with Crippen molar-refractivity contribution in [1.29, 1.82) is 0 Å². The van der Waals surface area contributed by atoms with Gasteiger partial charge in [0.2, 0.25) is 0 Å². The molecule has 0 bridgehead atoms. The third kappa shape index (κ3) is 4.44. The quantitative estimate of drug-likeness (QED) is 0.418. The van der Waals surface area contributed by atoms with Crippen LogP contribution in [0.2, 0.25) is 0 Å². The Balaban J connectivity index is 3.37. The van der Waals surface area contributed by atoms with Gasteiger partial charge in [0.1, 0.15) is 0 Å². The first kappa shape index (κ1) is 18.9. The highest BCUT2D eigenvalue weighted by molar-refractivity contribution is 6.01. The predicted molar refractivity (Wildman–Crippen MR) is 89.8 cm³/mol. The Morgan fingerprint density at radius 2 is 1.61 bits per heavy atom. The molecule has 1 unspecified atom stereocenters. The summed E-state index contributed by atoms with van der Waals surface area (Å²) < 4.78 is 10.5. The van der Waals surface area contributed by atoms with E-state index in [-0.39, 0.29) is 25.6 Å². The fourth-order valence-corrected chi connectivity index (χ4v) is 2.65. The number of benzene rings is 1. The van der Waals surface area contributed by atoms with E-state index in [1.54, 1.807) is 13.8 Å². The lowest BCUT2D eigenvalue weighted by molar-refractivity contribution is -0.175. The fourth-order valence-electron chi connectivity index (χ4n) is 2.65. The summed E-state index contributed by atoms with van der Waals surface area (Å²) in [4.78, 5) is 25.5. The number of carbonyl (C=O) groups excluding carboxylic acids is 2. The first-order chi connectivity index (χ1) is 11.0. The summed E-state index contributed by atoms with van der Waals surface area (Å²) >= 11 is 0. The van der Waals surface area contributed by atoms with Crippen LogP contribution in [0.3, 0.4) is 0 Å². The molecule has 0 spiro atoms. The van der Waals surface area contributed by atoms with E-state index in [0.29, 0.717) is 0 Å². The van der Waals surface area contributed by atoms with Crippen LogP contribution >= 0.6 is 0 Å². The molecule has 1 aromatic carbocycles. The van der Waals surface area contributed by atoms with Crippen molar-refractivity contribution in [2.75, 3.05) is 13.2 Å². The molecular weight excluding hydrogens is 292 g/mol. The van der Waals surface area contributed by atoms with Crippen molar-refractivity contribution in [3.05, 3.63) is 48.0 Å². The standard InChI is InChI=1S/C19H26O4/c1-5-11-15(4)19(17(20)22-6-2,18(21)23-7-3)14-16-12-9-8-10-13-16/h5,8-13,15H,6-7,14H2,1-4H3/b11-5+. The second-order valence-electron chi connectivity index (χ2n) is 5.39. The molecule has 126 valence electrons. The molecule has 1 aromatic rings. The average Bonchev–Trinajstić information content (AvgIpc) is 2.54. The normalized spacial score (nSPS) is 12.9. The highest BCUT2D eigenvalue weighted by atomic mass is 16.6. The van der Waals surface area contributed by atoms with Crippen molar-refractivity contribution < 1.29 is 19.1 Å². The summed E-state index contributed by atoms with van der Waals surface area (Å²) in [5, 5.41) is 0. The molecule has 0 aromatic heterocycles. The lowest BCUT2D eigenvalue weighted by atomic mass is 9.71. The molecule has 0 radical (unpaired) electrons. The molecule has 0 saturated carbocycles. The van der Waals surface area contributed by atoms with Gasteiger partial charge in [-0.25, -0.2) is 0 Å². The van der Waals surface area contributed by atoms with Gasteiger partial charge in [0.15, 0.2) is 5.41 Å². The number of ether oxygens (including phenoxy) is 2. The first-order valence-corrected chi connectivity index (χ1v) is 8.04. The lowest BCUT2D eigenvalue weighted by Crippen LogP contribution is -2.48. The average molecular weight is 318 g/mol. The van der Waals surface area contributed by atoms with Crippen LogP contribution in [0, 0.1) is 11.3 Å². The van der Waals surface area contributed by atoms with Gasteiger partial charge in [0.05, 0.1) is 13.2 Å².